The van der Waals surface area contributed by atoms with Crippen molar-refractivity contribution in [3.8, 4) is 0 Å². The number of pyridine rings is 1. The highest BCUT2D eigenvalue weighted by Gasteiger charge is 1.94. The quantitative estimate of drug-likeness (QED) is 0.597. The number of rotatable bonds is 7. The smallest absolute Gasteiger partial charge is 0.247 e. The van der Waals surface area contributed by atoms with Gasteiger partial charge < -0.3 is 15.6 Å². The van der Waals surface area contributed by atoms with Gasteiger partial charge in [-0.2, -0.15) is 0 Å². The van der Waals surface area contributed by atoms with Gasteiger partial charge in [0.15, 0.2) is 0 Å². The Bertz CT molecular complexity index is 326. The molecule has 1 heterocycles. The molecule has 3 N–H and O–H groups in total. The van der Waals surface area contributed by atoms with Crippen LogP contribution in [0.25, 0.3) is 0 Å². The van der Waals surface area contributed by atoms with E-state index in [1.165, 1.54) is 0 Å². The van der Waals surface area contributed by atoms with Gasteiger partial charge in [-0.15, -0.1) is 0 Å². The molecule has 0 bridgehead atoms. The molecule has 0 spiro atoms. The first-order valence-electron chi connectivity index (χ1n) is 5.77. The van der Waals surface area contributed by atoms with Crippen LogP contribution in [0.2, 0.25) is 0 Å². The maximum Gasteiger partial charge on any atom is 0.247 e. The second-order valence-corrected chi connectivity index (χ2v) is 4.34. The zero-order valence-corrected chi connectivity index (χ0v) is 10.0. The highest BCUT2D eigenvalue weighted by molar-refractivity contribution is 5.07. The molecule has 0 aliphatic carbocycles. The Labute approximate surface area is 96.5 Å². The van der Waals surface area contributed by atoms with Crippen molar-refractivity contribution >= 4 is 0 Å². The van der Waals surface area contributed by atoms with E-state index in [0.29, 0.717) is 5.92 Å². The molecule has 0 saturated carbocycles. The molecule has 0 fully saturated rings. The Morgan fingerprint density at radius 1 is 1.25 bits per heavy atom. The first kappa shape index (κ1) is 12.9. The fourth-order valence-corrected chi connectivity index (χ4v) is 1.35. The number of aromatic amines is 1. The Morgan fingerprint density at radius 2 is 2.00 bits per heavy atom. The maximum atomic E-state index is 10.8. The number of nitrogens with one attached hydrogen (secondary N) is 3. The van der Waals surface area contributed by atoms with Crippen LogP contribution in [-0.2, 0) is 6.54 Å². The fraction of sp³-hybridized carbons (Fsp3) is 0.583. The van der Waals surface area contributed by atoms with Gasteiger partial charge in [0.2, 0.25) is 5.56 Å². The summed E-state index contributed by atoms with van der Waals surface area (Å²) < 4.78 is 0. The van der Waals surface area contributed by atoms with E-state index in [1.54, 1.807) is 12.3 Å². The molecule has 0 amide bonds. The van der Waals surface area contributed by atoms with Crippen molar-refractivity contribution in [2.75, 3.05) is 19.6 Å². The van der Waals surface area contributed by atoms with E-state index in [0.717, 1.165) is 31.7 Å². The van der Waals surface area contributed by atoms with E-state index in [1.807, 2.05) is 6.07 Å². The van der Waals surface area contributed by atoms with Crippen LogP contribution in [0.1, 0.15) is 19.4 Å². The van der Waals surface area contributed by atoms with Gasteiger partial charge in [0, 0.05) is 31.9 Å². The molecule has 4 nitrogen and oxygen atoms in total. The number of hydrogen-bond donors (Lipinski definition) is 3. The van der Waals surface area contributed by atoms with Gasteiger partial charge in [0.1, 0.15) is 0 Å². The van der Waals surface area contributed by atoms with Gasteiger partial charge in [0.05, 0.1) is 0 Å². The zero-order valence-electron chi connectivity index (χ0n) is 10.0. The molecule has 0 atom stereocenters. The third kappa shape index (κ3) is 5.68. The first-order chi connectivity index (χ1) is 7.68. The average molecular weight is 223 g/mol. The van der Waals surface area contributed by atoms with Crippen LogP contribution < -0.4 is 16.2 Å². The fourth-order valence-electron chi connectivity index (χ4n) is 1.35. The van der Waals surface area contributed by atoms with E-state index in [-0.39, 0.29) is 5.56 Å². The van der Waals surface area contributed by atoms with Gasteiger partial charge in [-0.1, -0.05) is 19.9 Å². The van der Waals surface area contributed by atoms with E-state index in [2.05, 4.69) is 29.5 Å². The summed E-state index contributed by atoms with van der Waals surface area (Å²) >= 11 is 0. The van der Waals surface area contributed by atoms with Gasteiger partial charge >= 0.3 is 0 Å². The van der Waals surface area contributed by atoms with Crippen molar-refractivity contribution in [3.05, 3.63) is 34.2 Å². The third-order valence-electron chi connectivity index (χ3n) is 2.21. The van der Waals surface area contributed by atoms with Crippen LogP contribution in [0.15, 0.2) is 23.1 Å². The van der Waals surface area contributed by atoms with E-state index in [9.17, 15) is 4.79 Å². The molecule has 1 aromatic heterocycles. The van der Waals surface area contributed by atoms with E-state index < -0.39 is 0 Å². The van der Waals surface area contributed by atoms with Crippen LogP contribution in [0, 0.1) is 5.92 Å². The van der Waals surface area contributed by atoms with Crippen LogP contribution in [0.3, 0.4) is 0 Å². The predicted octanol–water partition coefficient (Wildman–Crippen LogP) is 0.710. The van der Waals surface area contributed by atoms with Gasteiger partial charge in [0.25, 0.3) is 0 Å². The highest BCUT2D eigenvalue weighted by Crippen LogP contribution is 1.91. The lowest BCUT2D eigenvalue weighted by atomic mass is 10.2. The van der Waals surface area contributed by atoms with Crippen LogP contribution >= 0.6 is 0 Å². The van der Waals surface area contributed by atoms with Crippen molar-refractivity contribution in [1.82, 2.24) is 15.6 Å². The van der Waals surface area contributed by atoms with Crippen molar-refractivity contribution in [1.29, 1.82) is 0 Å². The average Bonchev–Trinajstić information content (AvgIpc) is 2.25. The molecule has 4 heteroatoms. The zero-order chi connectivity index (χ0) is 11.8. The molecule has 0 aliphatic heterocycles. The minimum absolute atomic E-state index is 0.0534. The minimum atomic E-state index is -0.0534. The summed E-state index contributed by atoms with van der Waals surface area (Å²) in [5, 5.41) is 6.67. The molecule has 0 saturated heterocycles. The Morgan fingerprint density at radius 3 is 2.62 bits per heavy atom. The third-order valence-corrected chi connectivity index (χ3v) is 2.21. The largest absolute Gasteiger partial charge is 0.329 e. The standard InChI is InChI=1S/C12H21N3O/c1-10(2)7-13-5-6-14-8-11-3-4-12(16)15-9-11/h3-4,9-10,13-14H,5-8H2,1-2H3,(H,15,16). The van der Waals surface area contributed by atoms with Gasteiger partial charge in [-0.25, -0.2) is 0 Å². The van der Waals surface area contributed by atoms with E-state index >= 15 is 0 Å². The molecule has 0 aliphatic rings. The Hall–Kier alpha value is -1.13. The number of hydrogen-bond acceptors (Lipinski definition) is 3. The lowest BCUT2D eigenvalue weighted by Gasteiger charge is -2.08. The SMILES string of the molecule is CC(C)CNCCNCc1ccc(=O)[nH]c1. The van der Waals surface area contributed by atoms with Crippen molar-refractivity contribution in [2.45, 2.75) is 20.4 Å². The van der Waals surface area contributed by atoms with E-state index in [4.69, 9.17) is 0 Å². The Kier molecular flexibility index (Phi) is 5.82. The maximum absolute atomic E-state index is 10.8. The molecule has 0 radical (unpaired) electrons. The highest BCUT2D eigenvalue weighted by atomic mass is 16.1. The lowest BCUT2D eigenvalue weighted by Crippen LogP contribution is -2.29. The van der Waals surface area contributed by atoms with Crippen LogP contribution in [0.4, 0.5) is 0 Å². The summed E-state index contributed by atoms with van der Waals surface area (Å²) in [5.74, 6) is 0.694. The summed E-state index contributed by atoms with van der Waals surface area (Å²) in [7, 11) is 0. The molecule has 16 heavy (non-hydrogen) atoms. The minimum Gasteiger partial charge on any atom is -0.329 e. The Balaban J connectivity index is 2.07. The molecule has 1 rings (SSSR count). The summed E-state index contributed by atoms with van der Waals surface area (Å²) in [4.78, 5) is 13.5. The van der Waals surface area contributed by atoms with Gasteiger partial charge in [-0.05, 0) is 18.0 Å². The van der Waals surface area contributed by atoms with Crippen LogP contribution in [-0.4, -0.2) is 24.6 Å². The summed E-state index contributed by atoms with van der Waals surface area (Å²) in [5.41, 5.74) is 1.05. The monoisotopic (exact) mass is 223 g/mol. The molecular weight excluding hydrogens is 202 g/mol. The summed E-state index contributed by atoms with van der Waals surface area (Å²) in [6.45, 7) is 8.15. The molecule has 90 valence electrons. The second kappa shape index (κ2) is 7.19. The molecule has 0 unspecified atom stereocenters. The summed E-state index contributed by atoms with van der Waals surface area (Å²) in [6, 6.07) is 3.39. The summed E-state index contributed by atoms with van der Waals surface area (Å²) in [6.07, 6.45) is 1.75. The van der Waals surface area contributed by atoms with Crippen molar-refractivity contribution < 1.29 is 0 Å². The lowest BCUT2D eigenvalue weighted by molar-refractivity contribution is 0.535. The van der Waals surface area contributed by atoms with Crippen LogP contribution in [0.5, 0.6) is 0 Å². The number of aromatic nitrogens is 1. The number of H-pyrrole nitrogens is 1. The topological polar surface area (TPSA) is 56.9 Å². The van der Waals surface area contributed by atoms with Crippen molar-refractivity contribution in [2.24, 2.45) is 5.92 Å². The van der Waals surface area contributed by atoms with Crippen molar-refractivity contribution in [3.63, 3.8) is 0 Å². The molecular formula is C12H21N3O. The molecule has 0 aromatic carbocycles. The normalized spacial score (nSPS) is 10.9. The van der Waals surface area contributed by atoms with Gasteiger partial charge in [-0.3, -0.25) is 4.79 Å². The predicted molar refractivity (Wildman–Crippen MR) is 66.5 cm³/mol. The second-order valence-electron chi connectivity index (χ2n) is 4.34. The first-order valence-corrected chi connectivity index (χ1v) is 5.77. The molecule has 1 aromatic rings.